The number of carbonyl (C=O) groups is 2. The maximum atomic E-state index is 12.9. The maximum Gasteiger partial charge on any atom is 0.243 e. The van der Waals surface area contributed by atoms with Crippen LogP contribution in [0.2, 0.25) is 0 Å². The van der Waals surface area contributed by atoms with Gasteiger partial charge in [0.1, 0.15) is 11.6 Å². The third kappa shape index (κ3) is 6.33. The molecule has 1 aromatic carbocycles. The zero-order valence-electron chi connectivity index (χ0n) is 15.1. The molecule has 8 heteroatoms. The summed E-state index contributed by atoms with van der Waals surface area (Å²) < 4.78 is 18.3. The Labute approximate surface area is 166 Å². The molecule has 0 fully saturated rings. The summed E-state index contributed by atoms with van der Waals surface area (Å²) in [4.78, 5) is 27.3. The van der Waals surface area contributed by atoms with Crippen LogP contribution in [0, 0.1) is 5.82 Å². The van der Waals surface area contributed by atoms with E-state index < -0.39 is 0 Å². The number of nitrogens with one attached hydrogen (secondary N) is 2. The van der Waals surface area contributed by atoms with E-state index in [1.165, 1.54) is 24.3 Å². The Morgan fingerprint density at radius 1 is 1.04 bits per heavy atom. The number of benzene rings is 1. The van der Waals surface area contributed by atoms with Crippen molar-refractivity contribution in [3.63, 3.8) is 0 Å². The summed E-state index contributed by atoms with van der Waals surface area (Å²) >= 11 is 1.62. The number of hydrogen-bond donors (Lipinski definition) is 2. The molecule has 0 aliphatic rings. The number of rotatable bonds is 9. The number of halogens is 1. The number of furan rings is 1. The first-order valence-electron chi connectivity index (χ1n) is 8.68. The lowest BCUT2D eigenvalue weighted by molar-refractivity contribution is -0.125. The molecule has 0 unspecified atom stereocenters. The highest BCUT2D eigenvalue weighted by atomic mass is 32.1. The van der Waals surface area contributed by atoms with Gasteiger partial charge in [0, 0.05) is 17.1 Å². The van der Waals surface area contributed by atoms with Crippen LogP contribution < -0.4 is 10.6 Å². The third-order valence-corrected chi connectivity index (χ3v) is 4.72. The smallest absolute Gasteiger partial charge is 0.243 e. The van der Waals surface area contributed by atoms with E-state index in [0.717, 1.165) is 10.6 Å². The summed E-state index contributed by atoms with van der Waals surface area (Å²) in [5, 5.41) is 7.20. The number of anilines is 1. The summed E-state index contributed by atoms with van der Waals surface area (Å²) in [6, 6.07) is 13.1. The van der Waals surface area contributed by atoms with Crippen molar-refractivity contribution in [2.75, 3.05) is 18.4 Å². The molecule has 0 aliphatic carbocycles. The zero-order valence-corrected chi connectivity index (χ0v) is 15.9. The van der Waals surface area contributed by atoms with Crippen LogP contribution in [0.25, 0.3) is 0 Å². The highest BCUT2D eigenvalue weighted by Gasteiger charge is 2.15. The Morgan fingerprint density at radius 2 is 1.86 bits per heavy atom. The van der Waals surface area contributed by atoms with Crippen molar-refractivity contribution in [2.45, 2.75) is 13.1 Å². The largest absolute Gasteiger partial charge is 0.468 e. The molecule has 0 saturated carbocycles. The minimum Gasteiger partial charge on any atom is -0.468 e. The lowest BCUT2D eigenvalue weighted by Crippen LogP contribution is -2.40. The molecule has 0 aliphatic heterocycles. The fourth-order valence-electron chi connectivity index (χ4n) is 2.59. The second-order valence-corrected chi connectivity index (χ2v) is 7.17. The summed E-state index contributed by atoms with van der Waals surface area (Å²) in [7, 11) is 0. The average Bonchev–Trinajstić information content (AvgIpc) is 3.36. The van der Waals surface area contributed by atoms with E-state index in [0.29, 0.717) is 18.8 Å². The first-order valence-corrected chi connectivity index (χ1v) is 9.56. The van der Waals surface area contributed by atoms with Gasteiger partial charge >= 0.3 is 0 Å². The van der Waals surface area contributed by atoms with Crippen molar-refractivity contribution >= 4 is 28.8 Å². The van der Waals surface area contributed by atoms with Crippen molar-refractivity contribution in [3.05, 3.63) is 76.6 Å². The van der Waals surface area contributed by atoms with Crippen molar-refractivity contribution in [1.82, 2.24) is 10.2 Å². The van der Waals surface area contributed by atoms with Gasteiger partial charge in [-0.2, -0.15) is 0 Å². The summed E-state index contributed by atoms with van der Waals surface area (Å²) in [6.07, 6.45) is 1.60. The van der Waals surface area contributed by atoms with Crippen molar-refractivity contribution in [1.29, 1.82) is 0 Å². The van der Waals surface area contributed by atoms with Gasteiger partial charge in [0.05, 0.1) is 25.9 Å². The topological polar surface area (TPSA) is 74.6 Å². The average molecular weight is 401 g/mol. The van der Waals surface area contributed by atoms with Crippen LogP contribution in [0.3, 0.4) is 0 Å². The minimum atomic E-state index is -0.381. The predicted octanol–water partition coefficient (Wildman–Crippen LogP) is 3.24. The fourth-order valence-corrected chi connectivity index (χ4v) is 3.34. The zero-order chi connectivity index (χ0) is 19.8. The van der Waals surface area contributed by atoms with E-state index >= 15 is 0 Å². The Morgan fingerprint density at radius 3 is 2.54 bits per heavy atom. The quantitative estimate of drug-likeness (QED) is 0.577. The lowest BCUT2D eigenvalue weighted by Gasteiger charge is -2.20. The van der Waals surface area contributed by atoms with Crippen LogP contribution >= 0.6 is 11.3 Å². The van der Waals surface area contributed by atoms with Crippen LogP contribution in [0.1, 0.15) is 10.6 Å². The molecule has 0 spiro atoms. The fraction of sp³-hybridized carbons (Fsp3) is 0.200. The molecule has 2 heterocycles. The highest BCUT2D eigenvalue weighted by molar-refractivity contribution is 7.09. The van der Waals surface area contributed by atoms with Crippen LogP contribution in [0.5, 0.6) is 0 Å². The first-order chi connectivity index (χ1) is 13.6. The van der Waals surface area contributed by atoms with Gasteiger partial charge in [0.25, 0.3) is 0 Å². The molecule has 0 atom stereocenters. The van der Waals surface area contributed by atoms with E-state index in [-0.39, 0.29) is 30.7 Å². The van der Waals surface area contributed by atoms with Gasteiger partial charge in [-0.3, -0.25) is 14.5 Å². The van der Waals surface area contributed by atoms with Gasteiger partial charge in [-0.15, -0.1) is 11.3 Å². The molecule has 28 heavy (non-hydrogen) atoms. The van der Waals surface area contributed by atoms with Gasteiger partial charge in [-0.1, -0.05) is 6.07 Å². The van der Waals surface area contributed by atoms with E-state index in [1.54, 1.807) is 23.7 Å². The molecular formula is C20H20FN3O3S. The molecule has 6 nitrogen and oxygen atoms in total. The number of thiophene rings is 1. The molecule has 146 valence electrons. The lowest BCUT2D eigenvalue weighted by atomic mass is 10.3. The molecule has 2 aromatic heterocycles. The van der Waals surface area contributed by atoms with E-state index in [9.17, 15) is 14.0 Å². The number of amides is 2. The summed E-state index contributed by atoms with van der Waals surface area (Å²) in [5.74, 6) is -0.264. The first kappa shape index (κ1) is 19.8. The third-order valence-electron chi connectivity index (χ3n) is 3.86. The Kier molecular flexibility index (Phi) is 6.94. The van der Waals surface area contributed by atoms with E-state index in [2.05, 4.69) is 10.6 Å². The van der Waals surface area contributed by atoms with Crippen LogP contribution in [-0.4, -0.2) is 29.8 Å². The second kappa shape index (κ2) is 9.82. The molecule has 0 bridgehead atoms. The normalized spacial score (nSPS) is 10.8. The molecule has 0 saturated heterocycles. The summed E-state index contributed by atoms with van der Waals surface area (Å²) in [5.41, 5.74) is 0.470. The van der Waals surface area contributed by atoms with E-state index in [4.69, 9.17) is 4.42 Å². The summed E-state index contributed by atoms with van der Waals surface area (Å²) in [6.45, 7) is 1.06. The van der Waals surface area contributed by atoms with E-state index in [1.807, 2.05) is 28.5 Å². The molecule has 3 rings (SSSR count). The van der Waals surface area contributed by atoms with Crippen molar-refractivity contribution in [3.8, 4) is 0 Å². The van der Waals surface area contributed by atoms with Crippen molar-refractivity contribution < 1.29 is 18.4 Å². The maximum absolute atomic E-state index is 12.9. The predicted molar refractivity (Wildman–Crippen MR) is 105 cm³/mol. The Bertz CT molecular complexity index is 844. The van der Waals surface area contributed by atoms with Gasteiger partial charge in [-0.05, 0) is 47.8 Å². The van der Waals surface area contributed by atoms with Gasteiger partial charge in [0.15, 0.2) is 0 Å². The molecule has 2 amide bonds. The standard InChI is InChI=1S/C20H20FN3O3S/c21-15-5-7-16(8-6-15)23-19(25)11-22-20(26)14-24(12-17-3-1-9-27-17)13-18-4-2-10-28-18/h1-10H,11-14H2,(H,22,26)(H,23,25). The monoisotopic (exact) mass is 401 g/mol. The Hall–Kier alpha value is -2.97. The molecule has 2 N–H and O–H groups in total. The van der Waals surface area contributed by atoms with Gasteiger partial charge in [0.2, 0.25) is 11.8 Å². The SMILES string of the molecule is O=C(CN(Cc1ccco1)Cc1cccs1)NCC(=O)Nc1ccc(F)cc1. The number of hydrogen-bond acceptors (Lipinski definition) is 5. The Balaban J connectivity index is 1.49. The second-order valence-electron chi connectivity index (χ2n) is 6.14. The minimum absolute atomic E-state index is 0.127. The number of carbonyl (C=O) groups excluding carboxylic acids is 2. The van der Waals surface area contributed by atoms with Crippen LogP contribution in [-0.2, 0) is 22.7 Å². The number of nitrogens with zero attached hydrogens (tertiary/aromatic N) is 1. The molecule has 3 aromatic rings. The molecule has 0 radical (unpaired) electrons. The highest BCUT2D eigenvalue weighted by Crippen LogP contribution is 2.14. The molecular weight excluding hydrogens is 381 g/mol. The van der Waals surface area contributed by atoms with Crippen molar-refractivity contribution in [2.24, 2.45) is 0 Å². The van der Waals surface area contributed by atoms with Crippen LogP contribution in [0.4, 0.5) is 10.1 Å². The van der Waals surface area contributed by atoms with Crippen LogP contribution in [0.15, 0.2) is 64.6 Å². The van der Waals surface area contributed by atoms with Gasteiger partial charge in [-0.25, -0.2) is 4.39 Å². The van der Waals surface area contributed by atoms with Gasteiger partial charge < -0.3 is 15.1 Å².